The number of rotatable bonds is 8. The second-order valence-corrected chi connectivity index (χ2v) is 15.9. The molecule has 2 fully saturated rings. The zero-order valence-electron chi connectivity index (χ0n) is 30.0. The molecule has 1 aromatic heterocycles. The number of nitrogens with zero attached hydrogens (tertiary/aromatic N) is 2. The molecule has 2 N–H and O–H groups in total. The number of Topliss-reactive ketones (excluding diaryl/α,β-unsaturated/α-hetero) is 1. The Morgan fingerprint density at radius 3 is 2.63 bits per heavy atom. The zero-order chi connectivity index (χ0) is 37.1. The maximum absolute atomic E-state index is 14.3. The highest BCUT2D eigenvalue weighted by Crippen LogP contribution is 2.47. The number of epoxide rings is 1. The van der Waals surface area contributed by atoms with Crippen LogP contribution >= 0.6 is 11.3 Å². The molecule has 0 unspecified atom stereocenters. The molecule has 276 valence electrons. The summed E-state index contributed by atoms with van der Waals surface area (Å²) in [5.41, 5.74) is -0.273. The van der Waals surface area contributed by atoms with Gasteiger partial charge in [0.25, 0.3) is 11.8 Å². The van der Waals surface area contributed by atoms with Crippen molar-refractivity contribution in [2.75, 3.05) is 13.1 Å². The Hall–Kier alpha value is -3.94. The lowest BCUT2D eigenvalue weighted by atomic mass is 9.71. The van der Waals surface area contributed by atoms with Crippen molar-refractivity contribution in [1.82, 2.24) is 15.2 Å². The molecule has 0 saturated carbocycles. The van der Waals surface area contributed by atoms with Gasteiger partial charge in [0, 0.05) is 37.6 Å². The lowest BCUT2D eigenvalue weighted by Gasteiger charge is -2.37. The molecule has 0 bridgehead atoms. The molecule has 2 saturated heterocycles. The van der Waals surface area contributed by atoms with Gasteiger partial charge in [0.05, 0.1) is 44.9 Å². The number of aryl methyl sites for hydroxylation is 1. The molecule has 3 amide bonds. The highest BCUT2D eigenvalue weighted by atomic mass is 32.1. The minimum atomic E-state index is -1.42. The predicted molar refractivity (Wildman–Crippen MR) is 191 cm³/mol. The van der Waals surface area contributed by atoms with Crippen molar-refractivity contribution in [3.8, 4) is 0 Å². The number of aromatic nitrogens is 1. The molecule has 1 aromatic carbocycles. The smallest absolute Gasteiger partial charge is 0.407 e. The normalized spacial score (nSPS) is 30.2. The summed E-state index contributed by atoms with van der Waals surface area (Å²) < 4.78 is 19.2. The number of benzene rings is 1. The molecule has 51 heavy (non-hydrogen) atoms. The first-order valence-electron chi connectivity index (χ1n) is 17.7. The Bertz CT molecular complexity index is 1680. The fraction of sp³-hybridized carbons (Fsp3) is 0.579. The topological polar surface area (TPSA) is 165 Å². The number of aliphatic hydroxyl groups is 1. The SMILES string of the molecule is C=CC[C@H]1C(=O)C(C)(C)[C@@H](OC(=O)NCCCN2C(=O)C=CC2=O)CC(=O)O[C@H](c2ccc3sc(C)nc3c2)C[C@@H]2O[C@]2(C)CCC[C@H](C)[C@@H]1O. The molecular formula is C38H49N3O9S. The maximum Gasteiger partial charge on any atom is 0.407 e. The van der Waals surface area contributed by atoms with E-state index in [1.165, 1.54) is 12.2 Å². The fourth-order valence-corrected chi connectivity index (χ4v) is 7.93. The van der Waals surface area contributed by atoms with Crippen LogP contribution < -0.4 is 5.32 Å². The number of hydrogen-bond acceptors (Lipinski definition) is 11. The van der Waals surface area contributed by atoms with Gasteiger partial charge in [-0.1, -0.05) is 25.5 Å². The minimum Gasteiger partial charge on any atom is -0.457 e. The van der Waals surface area contributed by atoms with E-state index in [-0.39, 0.29) is 43.7 Å². The van der Waals surface area contributed by atoms with Crippen LogP contribution in [0.5, 0.6) is 0 Å². The number of amides is 3. The number of thiazole rings is 1. The molecular weight excluding hydrogens is 674 g/mol. The van der Waals surface area contributed by atoms with E-state index in [0.29, 0.717) is 12.8 Å². The van der Waals surface area contributed by atoms with Crippen molar-refractivity contribution < 1.29 is 43.3 Å². The van der Waals surface area contributed by atoms with Crippen LogP contribution in [-0.4, -0.2) is 81.7 Å². The number of hydrogen-bond donors (Lipinski definition) is 2. The first-order valence-corrected chi connectivity index (χ1v) is 18.5. The largest absolute Gasteiger partial charge is 0.457 e. The molecule has 2 aromatic rings. The summed E-state index contributed by atoms with van der Waals surface area (Å²) in [6.07, 6.45) is 2.60. The second-order valence-electron chi connectivity index (χ2n) is 14.7. The number of ketones is 1. The first kappa shape index (κ1) is 38.3. The molecule has 5 rings (SSSR count). The van der Waals surface area contributed by atoms with Gasteiger partial charge in [-0.15, -0.1) is 17.9 Å². The quantitative estimate of drug-likeness (QED) is 0.117. The average Bonchev–Trinajstić information content (AvgIpc) is 3.36. The summed E-state index contributed by atoms with van der Waals surface area (Å²) in [6, 6.07) is 5.81. The van der Waals surface area contributed by atoms with Gasteiger partial charge in [-0.25, -0.2) is 9.78 Å². The standard InChI is InChI=1S/C38H49N3O9S/c1-7-10-25-34(45)22(2)11-8-16-38(6)30(50-38)20-27(24-12-13-28-26(19-24)40-23(3)51-28)48-33(44)21-29(37(4,5)35(25)46)49-36(47)39-17-9-18-41-31(42)14-15-32(41)43/h7,12-15,19,22,25,27,29-30,34,45H,1,8-11,16-18,20-21H2,2-6H3,(H,39,47)/t22-,25+,27-,29-,30-,34-,38+/m0/s1. The molecule has 13 heteroatoms. The van der Waals surface area contributed by atoms with Gasteiger partial charge in [-0.2, -0.15) is 0 Å². The maximum atomic E-state index is 14.3. The molecule has 4 heterocycles. The molecule has 3 aliphatic heterocycles. The third-order valence-electron chi connectivity index (χ3n) is 10.5. The van der Waals surface area contributed by atoms with Crippen molar-refractivity contribution >= 4 is 51.2 Å². The van der Waals surface area contributed by atoms with Crippen molar-refractivity contribution in [1.29, 1.82) is 0 Å². The van der Waals surface area contributed by atoms with Gasteiger partial charge in [0.1, 0.15) is 18.0 Å². The van der Waals surface area contributed by atoms with E-state index in [4.69, 9.17) is 14.2 Å². The zero-order valence-corrected chi connectivity index (χ0v) is 30.8. The third-order valence-corrected chi connectivity index (χ3v) is 11.4. The van der Waals surface area contributed by atoms with Crippen molar-refractivity contribution in [3.63, 3.8) is 0 Å². The summed E-state index contributed by atoms with van der Waals surface area (Å²) in [4.78, 5) is 70.8. The highest BCUT2D eigenvalue weighted by Gasteiger charge is 2.53. The number of nitrogens with one attached hydrogen (secondary N) is 1. The number of aliphatic hydroxyl groups excluding tert-OH is 1. The lowest BCUT2D eigenvalue weighted by Crippen LogP contribution is -2.49. The number of fused-ring (bicyclic) bond motifs is 2. The van der Waals surface area contributed by atoms with E-state index in [1.807, 2.05) is 39.0 Å². The van der Waals surface area contributed by atoms with E-state index in [1.54, 1.807) is 31.3 Å². The first-order chi connectivity index (χ1) is 24.1. The van der Waals surface area contributed by atoms with Gasteiger partial charge in [0.15, 0.2) is 0 Å². The van der Waals surface area contributed by atoms with Gasteiger partial charge >= 0.3 is 12.1 Å². The van der Waals surface area contributed by atoms with Crippen LogP contribution in [0.3, 0.4) is 0 Å². The van der Waals surface area contributed by atoms with E-state index < -0.39 is 65.5 Å². The lowest BCUT2D eigenvalue weighted by molar-refractivity contribution is -0.156. The minimum absolute atomic E-state index is 0.0670. The Balaban J connectivity index is 1.39. The number of imide groups is 1. The molecule has 0 aliphatic carbocycles. The molecule has 0 spiro atoms. The van der Waals surface area contributed by atoms with E-state index >= 15 is 0 Å². The van der Waals surface area contributed by atoms with Gasteiger partial charge < -0.3 is 24.6 Å². The Labute approximate surface area is 302 Å². The van der Waals surface area contributed by atoms with Crippen LogP contribution in [0.1, 0.15) is 89.3 Å². The summed E-state index contributed by atoms with van der Waals surface area (Å²) in [7, 11) is 0. The number of carbonyl (C=O) groups is 5. The van der Waals surface area contributed by atoms with Crippen LogP contribution in [0.4, 0.5) is 4.79 Å². The summed E-state index contributed by atoms with van der Waals surface area (Å²) >= 11 is 1.58. The summed E-state index contributed by atoms with van der Waals surface area (Å²) in [5.74, 6) is -2.95. The van der Waals surface area contributed by atoms with Crippen LogP contribution in [0, 0.1) is 24.2 Å². The van der Waals surface area contributed by atoms with Gasteiger partial charge in [-0.05, 0) is 77.0 Å². The number of esters is 1. The highest BCUT2D eigenvalue weighted by molar-refractivity contribution is 7.18. The van der Waals surface area contributed by atoms with Crippen molar-refractivity contribution in [2.24, 2.45) is 17.3 Å². The van der Waals surface area contributed by atoms with Crippen LogP contribution in [-0.2, 0) is 33.4 Å². The predicted octanol–water partition coefficient (Wildman–Crippen LogP) is 5.51. The summed E-state index contributed by atoms with van der Waals surface area (Å²) in [6.45, 7) is 13.1. The number of carbonyl (C=O) groups excluding carboxylic acids is 5. The molecule has 7 atom stereocenters. The monoisotopic (exact) mass is 723 g/mol. The second kappa shape index (κ2) is 15.7. The van der Waals surface area contributed by atoms with Crippen molar-refractivity contribution in [3.05, 3.63) is 53.6 Å². The Morgan fingerprint density at radius 1 is 1.20 bits per heavy atom. The molecule has 12 nitrogen and oxygen atoms in total. The number of allylic oxidation sites excluding steroid dienone is 1. The van der Waals surface area contributed by atoms with Crippen LogP contribution in [0.2, 0.25) is 0 Å². The molecule has 0 radical (unpaired) electrons. The summed E-state index contributed by atoms with van der Waals surface area (Å²) in [5, 5.41) is 15.0. The number of alkyl carbamates (subject to hydrolysis) is 1. The van der Waals surface area contributed by atoms with E-state index in [0.717, 1.165) is 38.5 Å². The van der Waals surface area contributed by atoms with Gasteiger partial charge in [-0.3, -0.25) is 24.1 Å². The number of cyclic esters (lactones) is 1. The van der Waals surface area contributed by atoms with E-state index in [9.17, 15) is 29.1 Å². The van der Waals surface area contributed by atoms with E-state index in [2.05, 4.69) is 16.9 Å². The Kier molecular flexibility index (Phi) is 11.8. The third kappa shape index (κ3) is 8.93. The number of ether oxygens (including phenoxy) is 3. The fourth-order valence-electron chi connectivity index (χ4n) is 7.13. The van der Waals surface area contributed by atoms with Crippen molar-refractivity contribution in [2.45, 2.75) is 110 Å². The Morgan fingerprint density at radius 2 is 1.92 bits per heavy atom. The molecule has 3 aliphatic rings. The average molecular weight is 724 g/mol. The van der Waals surface area contributed by atoms with Crippen LogP contribution in [0.15, 0.2) is 43.0 Å². The van der Waals surface area contributed by atoms with Gasteiger partial charge in [0.2, 0.25) is 0 Å². The van der Waals surface area contributed by atoms with Crippen LogP contribution in [0.25, 0.3) is 10.2 Å².